The van der Waals surface area contributed by atoms with E-state index in [4.69, 9.17) is 9.47 Å². The van der Waals surface area contributed by atoms with Crippen LogP contribution in [0.25, 0.3) is 0 Å². The molecule has 0 aliphatic heterocycles. The van der Waals surface area contributed by atoms with Crippen LogP contribution in [-0.4, -0.2) is 26.9 Å². The normalized spacial score (nSPS) is 10.6. The second-order valence-corrected chi connectivity index (χ2v) is 3.60. The Morgan fingerprint density at radius 2 is 1.88 bits per heavy atom. The minimum absolute atomic E-state index is 0.657. The lowest BCUT2D eigenvalue weighted by Gasteiger charge is -2.06. The molecule has 90 valence electrons. The van der Waals surface area contributed by atoms with Crippen molar-refractivity contribution in [3.05, 3.63) is 35.4 Å². The van der Waals surface area contributed by atoms with Gasteiger partial charge in [0.05, 0.1) is 19.8 Å². The van der Waals surface area contributed by atoms with Gasteiger partial charge in [-0.25, -0.2) is 0 Å². The van der Waals surface area contributed by atoms with Crippen LogP contribution in [0.15, 0.2) is 24.3 Å². The molecule has 0 atom stereocenters. The fourth-order valence-corrected chi connectivity index (χ4v) is 1.49. The molecule has 1 N–H and O–H groups in total. The van der Waals surface area contributed by atoms with Gasteiger partial charge in [-0.15, -0.1) is 0 Å². The molecule has 0 unspecified atom stereocenters. The van der Waals surface area contributed by atoms with E-state index in [9.17, 15) is 0 Å². The maximum atomic E-state index is 5.51. The van der Waals surface area contributed by atoms with Crippen LogP contribution in [0.2, 0.25) is 0 Å². The quantitative estimate of drug-likeness (QED) is 0.683. The van der Waals surface area contributed by atoms with E-state index in [1.54, 1.807) is 0 Å². The lowest BCUT2D eigenvalue weighted by atomic mass is 10.1. The number of hydrogen-bond donors (Lipinski definition) is 1. The molecule has 0 bridgehead atoms. The second kappa shape index (κ2) is 8.28. The summed E-state index contributed by atoms with van der Waals surface area (Å²) in [7, 11) is 1.95. The highest BCUT2D eigenvalue weighted by molar-refractivity contribution is 5.22. The van der Waals surface area contributed by atoms with Crippen molar-refractivity contribution in [2.75, 3.05) is 26.9 Å². The maximum Gasteiger partial charge on any atom is 0.0718 e. The molecular weight excluding hydrogens is 202 g/mol. The molecule has 0 aromatic heterocycles. The zero-order chi connectivity index (χ0) is 11.6. The van der Waals surface area contributed by atoms with Crippen LogP contribution in [0, 0.1) is 0 Å². The highest BCUT2D eigenvalue weighted by Crippen LogP contribution is 2.06. The predicted octanol–water partition coefficient (Wildman–Crippen LogP) is 1.96. The highest BCUT2D eigenvalue weighted by atomic mass is 16.5. The van der Waals surface area contributed by atoms with Crippen LogP contribution >= 0.6 is 0 Å². The average Bonchev–Trinajstić information content (AvgIpc) is 2.30. The van der Waals surface area contributed by atoms with Gasteiger partial charge in [0.15, 0.2) is 0 Å². The lowest BCUT2D eigenvalue weighted by Crippen LogP contribution is -2.06. The third-order valence-electron chi connectivity index (χ3n) is 2.22. The van der Waals surface area contributed by atoms with E-state index in [-0.39, 0.29) is 0 Å². The maximum absolute atomic E-state index is 5.51. The standard InChI is InChI=1S/C13H21NO2/c1-3-15-7-8-16-11-13-6-4-5-12(9-13)10-14-2/h4-6,9,14H,3,7-8,10-11H2,1-2H3. The summed E-state index contributed by atoms with van der Waals surface area (Å²) in [5, 5.41) is 3.13. The third kappa shape index (κ3) is 5.26. The van der Waals surface area contributed by atoms with Crippen molar-refractivity contribution in [3.63, 3.8) is 0 Å². The topological polar surface area (TPSA) is 30.5 Å². The molecule has 0 spiro atoms. The van der Waals surface area contributed by atoms with Crippen molar-refractivity contribution in [1.29, 1.82) is 0 Å². The molecule has 0 radical (unpaired) electrons. The predicted molar refractivity (Wildman–Crippen MR) is 65.4 cm³/mol. The first kappa shape index (κ1) is 13.2. The summed E-state index contributed by atoms with van der Waals surface area (Å²) in [6.45, 7) is 5.62. The number of nitrogens with one attached hydrogen (secondary N) is 1. The van der Waals surface area contributed by atoms with Gasteiger partial charge in [0.25, 0.3) is 0 Å². The fourth-order valence-electron chi connectivity index (χ4n) is 1.49. The smallest absolute Gasteiger partial charge is 0.0718 e. The Labute approximate surface area is 97.8 Å². The van der Waals surface area contributed by atoms with E-state index < -0.39 is 0 Å². The summed E-state index contributed by atoms with van der Waals surface area (Å²) in [6.07, 6.45) is 0. The summed E-state index contributed by atoms with van der Waals surface area (Å²) in [5.41, 5.74) is 2.50. The van der Waals surface area contributed by atoms with Gasteiger partial charge in [0.2, 0.25) is 0 Å². The molecule has 1 aromatic rings. The van der Waals surface area contributed by atoms with Crippen molar-refractivity contribution >= 4 is 0 Å². The van der Waals surface area contributed by atoms with Gasteiger partial charge in [-0.2, -0.15) is 0 Å². The zero-order valence-corrected chi connectivity index (χ0v) is 10.2. The first-order valence-electron chi connectivity index (χ1n) is 5.74. The number of benzene rings is 1. The second-order valence-electron chi connectivity index (χ2n) is 3.60. The van der Waals surface area contributed by atoms with Crippen molar-refractivity contribution in [2.24, 2.45) is 0 Å². The number of rotatable bonds is 8. The van der Waals surface area contributed by atoms with Gasteiger partial charge in [-0.1, -0.05) is 24.3 Å². The minimum Gasteiger partial charge on any atom is -0.379 e. The summed E-state index contributed by atoms with van der Waals surface area (Å²) in [5.74, 6) is 0. The van der Waals surface area contributed by atoms with Crippen LogP contribution in [0.5, 0.6) is 0 Å². The monoisotopic (exact) mass is 223 g/mol. The molecule has 1 aromatic carbocycles. The number of hydrogen-bond acceptors (Lipinski definition) is 3. The van der Waals surface area contributed by atoms with E-state index >= 15 is 0 Å². The van der Waals surface area contributed by atoms with Gasteiger partial charge in [-0.05, 0) is 25.1 Å². The Morgan fingerprint density at radius 3 is 2.62 bits per heavy atom. The number of ether oxygens (including phenoxy) is 2. The first-order chi connectivity index (χ1) is 7.86. The van der Waals surface area contributed by atoms with Crippen LogP contribution in [0.3, 0.4) is 0 Å². The van der Waals surface area contributed by atoms with Crippen LogP contribution < -0.4 is 5.32 Å². The van der Waals surface area contributed by atoms with Gasteiger partial charge in [0.1, 0.15) is 0 Å². The van der Waals surface area contributed by atoms with Crippen LogP contribution in [0.1, 0.15) is 18.1 Å². The molecule has 0 aliphatic rings. The fraction of sp³-hybridized carbons (Fsp3) is 0.538. The molecule has 0 saturated heterocycles. The van der Waals surface area contributed by atoms with E-state index in [0.29, 0.717) is 19.8 Å². The van der Waals surface area contributed by atoms with Crippen molar-refractivity contribution < 1.29 is 9.47 Å². The lowest BCUT2D eigenvalue weighted by molar-refractivity contribution is 0.0453. The molecule has 1 rings (SSSR count). The van der Waals surface area contributed by atoms with Crippen LogP contribution in [0.4, 0.5) is 0 Å². The van der Waals surface area contributed by atoms with Crippen molar-refractivity contribution in [3.8, 4) is 0 Å². The van der Waals surface area contributed by atoms with Gasteiger partial charge in [-0.3, -0.25) is 0 Å². The zero-order valence-electron chi connectivity index (χ0n) is 10.2. The first-order valence-corrected chi connectivity index (χ1v) is 5.74. The summed E-state index contributed by atoms with van der Waals surface area (Å²) in [4.78, 5) is 0. The summed E-state index contributed by atoms with van der Waals surface area (Å²) < 4.78 is 10.7. The minimum atomic E-state index is 0.657. The Kier molecular flexibility index (Phi) is 6.81. The Bertz CT molecular complexity index is 289. The summed E-state index contributed by atoms with van der Waals surface area (Å²) in [6, 6.07) is 8.42. The van der Waals surface area contributed by atoms with Gasteiger partial charge in [0, 0.05) is 13.2 Å². The van der Waals surface area contributed by atoms with Crippen molar-refractivity contribution in [1.82, 2.24) is 5.32 Å². The average molecular weight is 223 g/mol. The highest BCUT2D eigenvalue weighted by Gasteiger charge is 1.96. The molecule has 0 fully saturated rings. The van der Waals surface area contributed by atoms with E-state index in [1.807, 2.05) is 14.0 Å². The molecular formula is C13H21NO2. The Balaban J connectivity index is 2.27. The molecule has 0 aliphatic carbocycles. The molecule has 3 nitrogen and oxygen atoms in total. The molecule has 16 heavy (non-hydrogen) atoms. The van der Waals surface area contributed by atoms with Gasteiger partial charge >= 0.3 is 0 Å². The van der Waals surface area contributed by atoms with Crippen molar-refractivity contribution in [2.45, 2.75) is 20.1 Å². The Morgan fingerprint density at radius 1 is 1.12 bits per heavy atom. The molecule has 0 heterocycles. The largest absolute Gasteiger partial charge is 0.379 e. The molecule has 0 saturated carbocycles. The van der Waals surface area contributed by atoms with E-state index in [1.165, 1.54) is 11.1 Å². The summed E-state index contributed by atoms with van der Waals surface area (Å²) >= 11 is 0. The Hall–Kier alpha value is -0.900. The van der Waals surface area contributed by atoms with Crippen LogP contribution in [-0.2, 0) is 22.6 Å². The third-order valence-corrected chi connectivity index (χ3v) is 2.22. The molecule has 3 heteroatoms. The van der Waals surface area contributed by atoms with Gasteiger partial charge < -0.3 is 14.8 Å². The molecule has 0 amide bonds. The van der Waals surface area contributed by atoms with E-state index in [0.717, 1.165) is 13.2 Å². The SMILES string of the molecule is CCOCCOCc1cccc(CNC)c1. The van der Waals surface area contributed by atoms with E-state index in [2.05, 4.69) is 29.6 Å².